The maximum Gasteiger partial charge on any atom is 0.326 e. The zero-order valence-electron chi connectivity index (χ0n) is 22.1. The topological polar surface area (TPSA) is 283 Å². The predicted octanol–water partition coefficient (Wildman–Crippen LogP) is -2.54. The van der Waals surface area contributed by atoms with Gasteiger partial charge in [-0.1, -0.05) is 18.6 Å². The van der Waals surface area contributed by atoms with Crippen molar-refractivity contribution in [1.82, 2.24) is 16.0 Å². The van der Waals surface area contributed by atoms with Crippen molar-refractivity contribution in [3.8, 4) is 5.75 Å². The Morgan fingerprint density at radius 2 is 1.20 bits per heavy atom. The molecule has 0 saturated heterocycles. The minimum atomic E-state index is -1.41. The number of hydrogen-bond acceptors (Lipinski definition) is 9. The average Bonchev–Trinajstić information content (AvgIpc) is 2.89. The van der Waals surface area contributed by atoms with E-state index >= 15 is 0 Å². The molecule has 0 saturated carbocycles. The Labute approximate surface area is 231 Å². The fraction of sp³-hybridized carbons (Fsp3) is 0.520. The number of carboxylic acids is 1. The maximum atomic E-state index is 13.1. The van der Waals surface area contributed by atoms with Gasteiger partial charge in [0.25, 0.3) is 0 Å². The van der Waals surface area contributed by atoms with Gasteiger partial charge in [-0.3, -0.25) is 24.0 Å². The van der Waals surface area contributed by atoms with E-state index < -0.39 is 59.7 Å². The van der Waals surface area contributed by atoms with E-state index in [1.807, 2.05) is 0 Å². The standard InChI is InChI=1S/C25H39N7O8/c26-12-2-1-3-16(27)22(36)30-17(8-10-20(28)34)23(37)31-18(9-11-21(29)35)24(38)32-19(25(39)40)13-14-4-6-15(33)7-5-14/h4-7,16-19,33H,1-3,8-13,26-27H2,(H2,28,34)(H2,29,35)(H,30,36)(H,31,37)(H,32,38)(H,39,40). The summed E-state index contributed by atoms with van der Waals surface area (Å²) < 4.78 is 0. The summed E-state index contributed by atoms with van der Waals surface area (Å²) in [6.07, 6.45) is 0.316. The SMILES string of the molecule is NCCCCC(N)C(=O)NC(CCC(N)=O)C(=O)NC(CCC(N)=O)C(=O)NC(Cc1ccc(O)cc1)C(=O)O. The van der Waals surface area contributed by atoms with Crippen molar-refractivity contribution in [3.05, 3.63) is 29.8 Å². The van der Waals surface area contributed by atoms with Crippen molar-refractivity contribution in [3.63, 3.8) is 0 Å². The van der Waals surface area contributed by atoms with Crippen LogP contribution in [0.2, 0.25) is 0 Å². The highest BCUT2D eigenvalue weighted by molar-refractivity contribution is 5.94. The summed E-state index contributed by atoms with van der Waals surface area (Å²) in [6.45, 7) is 0.421. The lowest BCUT2D eigenvalue weighted by molar-refractivity contribution is -0.142. The highest BCUT2D eigenvalue weighted by Crippen LogP contribution is 2.12. The number of carbonyl (C=O) groups is 6. The van der Waals surface area contributed by atoms with E-state index in [9.17, 15) is 39.0 Å². The smallest absolute Gasteiger partial charge is 0.326 e. The molecule has 4 unspecified atom stereocenters. The molecule has 15 nitrogen and oxygen atoms in total. The van der Waals surface area contributed by atoms with Gasteiger partial charge in [0, 0.05) is 19.3 Å². The molecule has 0 bridgehead atoms. The first kappa shape index (κ1) is 33.8. The molecule has 5 amide bonds. The Balaban J connectivity index is 3.04. The van der Waals surface area contributed by atoms with Gasteiger partial charge in [0.2, 0.25) is 29.5 Å². The Bertz CT molecular complexity index is 1030. The van der Waals surface area contributed by atoms with E-state index in [2.05, 4.69) is 16.0 Å². The minimum Gasteiger partial charge on any atom is -0.508 e. The molecular weight excluding hydrogens is 526 g/mol. The number of unbranched alkanes of at least 4 members (excludes halogenated alkanes) is 1. The molecule has 0 heterocycles. The number of carbonyl (C=O) groups excluding carboxylic acids is 5. The van der Waals surface area contributed by atoms with Crippen LogP contribution in [0.3, 0.4) is 0 Å². The molecule has 1 rings (SSSR count). The second-order valence-electron chi connectivity index (χ2n) is 9.29. The molecule has 0 aliphatic heterocycles. The van der Waals surface area contributed by atoms with Crippen LogP contribution < -0.4 is 38.9 Å². The van der Waals surface area contributed by atoms with Gasteiger partial charge in [-0.25, -0.2) is 4.79 Å². The third-order valence-electron chi connectivity index (χ3n) is 5.92. The van der Waals surface area contributed by atoms with Crippen molar-refractivity contribution in [2.45, 2.75) is 75.5 Å². The summed E-state index contributed by atoms with van der Waals surface area (Å²) in [5.41, 5.74) is 22.2. The molecule has 15 heteroatoms. The second-order valence-corrected chi connectivity index (χ2v) is 9.29. The molecule has 0 aliphatic carbocycles. The van der Waals surface area contributed by atoms with Crippen LogP contribution in [0.4, 0.5) is 0 Å². The quantitative estimate of drug-likeness (QED) is 0.0792. The number of nitrogens with two attached hydrogens (primary N) is 4. The van der Waals surface area contributed by atoms with Crippen molar-refractivity contribution in [2.75, 3.05) is 6.54 Å². The summed E-state index contributed by atoms with van der Waals surface area (Å²) in [6, 6.07) is 0.590. The number of aromatic hydroxyl groups is 1. The van der Waals surface area contributed by atoms with E-state index in [1.165, 1.54) is 24.3 Å². The van der Waals surface area contributed by atoms with Crippen LogP contribution in [0.1, 0.15) is 50.5 Å². The van der Waals surface area contributed by atoms with Crippen molar-refractivity contribution in [2.24, 2.45) is 22.9 Å². The van der Waals surface area contributed by atoms with Gasteiger partial charge >= 0.3 is 5.97 Å². The molecule has 1 aromatic carbocycles. The lowest BCUT2D eigenvalue weighted by Crippen LogP contribution is -2.57. The molecule has 222 valence electrons. The lowest BCUT2D eigenvalue weighted by Gasteiger charge is -2.25. The molecular formula is C25H39N7O8. The summed E-state index contributed by atoms with van der Waals surface area (Å²) in [7, 11) is 0. The summed E-state index contributed by atoms with van der Waals surface area (Å²) in [5, 5.41) is 26.2. The molecule has 0 aromatic heterocycles. The zero-order valence-corrected chi connectivity index (χ0v) is 22.1. The zero-order chi connectivity index (χ0) is 30.2. The molecule has 0 aliphatic rings. The Morgan fingerprint density at radius 1 is 0.725 bits per heavy atom. The molecule has 4 atom stereocenters. The molecule has 1 aromatic rings. The molecule has 0 spiro atoms. The number of phenols is 1. The minimum absolute atomic E-state index is 0.0246. The third-order valence-corrected chi connectivity index (χ3v) is 5.92. The fourth-order valence-corrected chi connectivity index (χ4v) is 3.64. The lowest BCUT2D eigenvalue weighted by atomic mass is 10.0. The van der Waals surface area contributed by atoms with Gasteiger partial charge < -0.3 is 49.1 Å². The number of primary amides is 2. The van der Waals surface area contributed by atoms with Crippen molar-refractivity contribution in [1.29, 1.82) is 0 Å². The van der Waals surface area contributed by atoms with Gasteiger partial charge in [-0.2, -0.15) is 0 Å². The van der Waals surface area contributed by atoms with Gasteiger partial charge in [0.15, 0.2) is 0 Å². The Kier molecular flexibility index (Phi) is 14.7. The Hall–Kier alpha value is -4.24. The van der Waals surface area contributed by atoms with Crippen molar-refractivity contribution >= 4 is 35.5 Å². The number of carboxylic acid groups (broad SMARTS) is 1. The van der Waals surface area contributed by atoms with Crippen LogP contribution in [0.5, 0.6) is 5.75 Å². The highest BCUT2D eigenvalue weighted by Gasteiger charge is 2.30. The van der Waals surface area contributed by atoms with Gasteiger partial charge in [-0.15, -0.1) is 0 Å². The number of hydrogen-bond donors (Lipinski definition) is 9. The van der Waals surface area contributed by atoms with Gasteiger partial charge in [0.1, 0.15) is 23.9 Å². The number of aliphatic carboxylic acids is 1. The first-order valence-electron chi connectivity index (χ1n) is 12.8. The Morgan fingerprint density at radius 3 is 1.65 bits per heavy atom. The largest absolute Gasteiger partial charge is 0.508 e. The third kappa shape index (κ3) is 13.0. The fourth-order valence-electron chi connectivity index (χ4n) is 3.64. The number of phenolic OH excluding ortho intramolecular Hbond substituents is 1. The van der Waals surface area contributed by atoms with E-state index in [-0.39, 0.29) is 37.9 Å². The number of benzene rings is 1. The first-order valence-corrected chi connectivity index (χ1v) is 12.8. The summed E-state index contributed by atoms with van der Waals surface area (Å²) >= 11 is 0. The normalized spacial score (nSPS) is 13.8. The number of amides is 5. The monoisotopic (exact) mass is 565 g/mol. The number of rotatable bonds is 19. The van der Waals surface area contributed by atoms with Crippen LogP contribution >= 0.6 is 0 Å². The predicted molar refractivity (Wildman–Crippen MR) is 143 cm³/mol. The van der Waals surface area contributed by atoms with Crippen LogP contribution in [0.25, 0.3) is 0 Å². The number of nitrogens with one attached hydrogen (secondary N) is 3. The van der Waals surface area contributed by atoms with Gasteiger partial charge in [-0.05, 0) is 49.9 Å². The van der Waals surface area contributed by atoms with E-state index in [0.717, 1.165) is 0 Å². The molecule has 40 heavy (non-hydrogen) atoms. The van der Waals surface area contributed by atoms with Gasteiger partial charge in [0.05, 0.1) is 6.04 Å². The van der Waals surface area contributed by atoms with Crippen LogP contribution in [0, 0.1) is 0 Å². The van der Waals surface area contributed by atoms with E-state index in [0.29, 0.717) is 31.4 Å². The molecule has 0 fully saturated rings. The van der Waals surface area contributed by atoms with E-state index in [1.54, 1.807) is 0 Å². The average molecular weight is 566 g/mol. The van der Waals surface area contributed by atoms with Crippen LogP contribution in [-0.2, 0) is 35.2 Å². The van der Waals surface area contributed by atoms with Crippen LogP contribution in [-0.4, -0.2) is 76.4 Å². The summed E-state index contributed by atoms with van der Waals surface area (Å²) in [4.78, 5) is 73.3. The first-order chi connectivity index (χ1) is 18.8. The van der Waals surface area contributed by atoms with E-state index in [4.69, 9.17) is 22.9 Å². The molecule has 0 radical (unpaired) electrons. The van der Waals surface area contributed by atoms with Crippen LogP contribution in [0.15, 0.2) is 24.3 Å². The highest BCUT2D eigenvalue weighted by atomic mass is 16.4. The van der Waals surface area contributed by atoms with Crippen molar-refractivity contribution < 1.29 is 39.0 Å². The summed E-state index contributed by atoms with van der Waals surface area (Å²) in [5.74, 6) is -5.36. The molecule has 13 N–H and O–H groups in total. The maximum absolute atomic E-state index is 13.1. The second kappa shape index (κ2) is 17.4.